The molecule has 202 valence electrons. The first kappa shape index (κ1) is 24.6. The molecule has 7 aromatic carbocycles. The predicted octanol–water partition coefficient (Wildman–Crippen LogP) is 12.7. The molecule has 0 unspecified atom stereocenters. The summed E-state index contributed by atoms with van der Waals surface area (Å²) in [7, 11) is 0. The maximum absolute atomic E-state index is 2.38. The number of hydrogen-bond donors (Lipinski definition) is 0. The van der Waals surface area contributed by atoms with Gasteiger partial charge in [-0.3, -0.25) is 0 Å². The molecule has 0 radical (unpaired) electrons. The van der Waals surface area contributed by atoms with Gasteiger partial charge in [0.1, 0.15) is 0 Å². The molecule has 2 aromatic heterocycles. The van der Waals surface area contributed by atoms with Crippen molar-refractivity contribution in [2.24, 2.45) is 0 Å². The van der Waals surface area contributed by atoms with Crippen molar-refractivity contribution < 1.29 is 0 Å². The summed E-state index contributed by atoms with van der Waals surface area (Å²) in [6.07, 6.45) is 0. The van der Waals surface area contributed by atoms with Crippen LogP contribution in [-0.2, 0) is 0 Å². The number of benzene rings is 7. The zero-order valence-corrected chi connectivity index (χ0v) is 24.8. The fourth-order valence-corrected chi connectivity index (χ4v) is 8.55. The highest BCUT2D eigenvalue weighted by Crippen LogP contribution is 2.42. The van der Waals surface area contributed by atoms with Crippen molar-refractivity contribution in [3.8, 4) is 11.1 Å². The summed E-state index contributed by atoms with van der Waals surface area (Å²) in [6.45, 7) is 0. The Morgan fingerprint density at radius 1 is 0.326 bits per heavy atom. The van der Waals surface area contributed by atoms with E-state index >= 15 is 0 Å². The molecule has 9 rings (SSSR count). The van der Waals surface area contributed by atoms with Crippen LogP contribution in [0, 0.1) is 0 Å². The molecule has 0 saturated carbocycles. The van der Waals surface area contributed by atoms with Crippen LogP contribution in [0.2, 0.25) is 0 Å². The Labute approximate surface area is 257 Å². The second-order valence-corrected chi connectivity index (χ2v) is 13.2. The highest BCUT2D eigenvalue weighted by Gasteiger charge is 2.16. The molecule has 0 spiro atoms. The van der Waals surface area contributed by atoms with Gasteiger partial charge < -0.3 is 4.90 Å². The zero-order valence-electron chi connectivity index (χ0n) is 23.2. The maximum Gasteiger partial charge on any atom is 0.0476 e. The molecular weight excluding hydrogens is 559 g/mol. The van der Waals surface area contributed by atoms with Crippen molar-refractivity contribution in [1.29, 1.82) is 0 Å². The lowest BCUT2D eigenvalue weighted by Gasteiger charge is -2.26. The van der Waals surface area contributed by atoms with E-state index in [1.807, 2.05) is 22.7 Å². The molecule has 3 heteroatoms. The first-order valence-corrected chi connectivity index (χ1v) is 16.1. The third-order valence-corrected chi connectivity index (χ3v) is 10.7. The normalized spacial score (nSPS) is 11.7. The van der Waals surface area contributed by atoms with Gasteiger partial charge in [-0.25, -0.2) is 0 Å². The lowest BCUT2D eigenvalue weighted by molar-refractivity contribution is 1.30. The molecule has 0 amide bonds. The van der Waals surface area contributed by atoms with Gasteiger partial charge in [0.15, 0.2) is 0 Å². The van der Waals surface area contributed by atoms with Gasteiger partial charge in [0, 0.05) is 57.4 Å². The van der Waals surface area contributed by atoms with E-state index in [2.05, 4.69) is 157 Å². The van der Waals surface area contributed by atoms with E-state index in [0.29, 0.717) is 0 Å². The smallest absolute Gasteiger partial charge is 0.0476 e. The predicted molar refractivity (Wildman–Crippen MR) is 190 cm³/mol. The fourth-order valence-electron chi connectivity index (χ4n) is 6.33. The molecule has 0 aliphatic rings. The van der Waals surface area contributed by atoms with Gasteiger partial charge in [-0.2, -0.15) is 0 Å². The largest absolute Gasteiger partial charge is 0.310 e. The highest BCUT2D eigenvalue weighted by atomic mass is 32.1. The summed E-state index contributed by atoms with van der Waals surface area (Å²) < 4.78 is 5.30. The Morgan fingerprint density at radius 2 is 0.884 bits per heavy atom. The minimum absolute atomic E-state index is 1.14. The first-order chi connectivity index (χ1) is 21.3. The van der Waals surface area contributed by atoms with Gasteiger partial charge in [-0.15, -0.1) is 22.7 Å². The Morgan fingerprint density at radius 3 is 1.70 bits per heavy atom. The quantitative estimate of drug-likeness (QED) is 0.199. The molecular formula is C40H25NS2. The summed E-state index contributed by atoms with van der Waals surface area (Å²) in [5.74, 6) is 0. The van der Waals surface area contributed by atoms with Crippen molar-refractivity contribution in [3.05, 3.63) is 152 Å². The van der Waals surface area contributed by atoms with Gasteiger partial charge in [0.05, 0.1) is 0 Å². The second kappa shape index (κ2) is 9.81. The Balaban J connectivity index is 1.17. The van der Waals surface area contributed by atoms with Crippen LogP contribution in [0.3, 0.4) is 0 Å². The van der Waals surface area contributed by atoms with E-state index < -0.39 is 0 Å². The second-order valence-electron chi connectivity index (χ2n) is 11.0. The topological polar surface area (TPSA) is 3.24 Å². The maximum atomic E-state index is 2.38. The Kier molecular flexibility index (Phi) is 5.62. The fraction of sp³-hybridized carbons (Fsp3) is 0. The van der Waals surface area contributed by atoms with E-state index in [4.69, 9.17) is 0 Å². The van der Waals surface area contributed by atoms with Gasteiger partial charge >= 0.3 is 0 Å². The van der Waals surface area contributed by atoms with Crippen LogP contribution >= 0.6 is 22.7 Å². The molecule has 0 fully saturated rings. The van der Waals surface area contributed by atoms with Crippen LogP contribution in [0.25, 0.3) is 62.2 Å². The van der Waals surface area contributed by atoms with Gasteiger partial charge in [0.25, 0.3) is 0 Å². The monoisotopic (exact) mass is 583 g/mol. The molecule has 0 aliphatic carbocycles. The number of hydrogen-bond acceptors (Lipinski definition) is 3. The standard InChI is InChI=1S/C40H25NS2/c1-2-8-28-23-31(19-15-26(28)7-1)41(32-20-21-35-33-9-3-5-11-37(33)43-40(35)25-32)30-17-13-27(14-18-30)29-16-22-39-36(24-29)34-10-4-6-12-38(34)42-39/h1-25H. The number of thiophene rings is 2. The summed E-state index contributed by atoms with van der Waals surface area (Å²) in [4.78, 5) is 2.38. The van der Waals surface area contributed by atoms with E-state index in [0.717, 1.165) is 17.1 Å². The lowest BCUT2D eigenvalue weighted by Crippen LogP contribution is -2.09. The van der Waals surface area contributed by atoms with Crippen LogP contribution in [-0.4, -0.2) is 0 Å². The number of rotatable bonds is 4. The van der Waals surface area contributed by atoms with E-state index in [1.54, 1.807) is 0 Å². The minimum Gasteiger partial charge on any atom is -0.310 e. The average molecular weight is 584 g/mol. The van der Waals surface area contributed by atoms with Crippen LogP contribution in [0.1, 0.15) is 0 Å². The molecule has 0 N–H and O–H groups in total. The lowest BCUT2D eigenvalue weighted by atomic mass is 10.0. The summed E-state index contributed by atoms with van der Waals surface area (Å²) in [6, 6.07) is 55.6. The Hall–Kier alpha value is -4.96. The molecule has 9 aromatic rings. The number of anilines is 3. The van der Waals surface area contributed by atoms with E-state index in [1.165, 1.54) is 62.2 Å². The van der Waals surface area contributed by atoms with Crippen LogP contribution in [0.4, 0.5) is 17.1 Å². The van der Waals surface area contributed by atoms with Crippen LogP contribution in [0.15, 0.2) is 152 Å². The van der Waals surface area contributed by atoms with Gasteiger partial charge in [-0.1, -0.05) is 91.0 Å². The molecule has 43 heavy (non-hydrogen) atoms. The number of nitrogens with zero attached hydrogens (tertiary/aromatic N) is 1. The molecule has 0 atom stereocenters. The first-order valence-electron chi connectivity index (χ1n) is 14.5. The third kappa shape index (κ3) is 4.12. The van der Waals surface area contributed by atoms with Crippen LogP contribution < -0.4 is 4.90 Å². The zero-order chi connectivity index (χ0) is 28.3. The minimum atomic E-state index is 1.14. The van der Waals surface area contributed by atoms with Gasteiger partial charge in [-0.05, 0) is 82.6 Å². The number of fused-ring (bicyclic) bond motifs is 7. The summed E-state index contributed by atoms with van der Waals surface area (Å²) in [5, 5.41) is 7.79. The highest BCUT2D eigenvalue weighted by molar-refractivity contribution is 7.26. The van der Waals surface area contributed by atoms with Crippen LogP contribution in [0.5, 0.6) is 0 Å². The van der Waals surface area contributed by atoms with Gasteiger partial charge in [0.2, 0.25) is 0 Å². The Bertz CT molecular complexity index is 2460. The van der Waals surface area contributed by atoms with Crippen molar-refractivity contribution >= 4 is 90.9 Å². The molecule has 0 saturated heterocycles. The molecule has 0 bridgehead atoms. The van der Waals surface area contributed by atoms with Crippen molar-refractivity contribution in [2.75, 3.05) is 4.90 Å². The summed E-state index contributed by atoms with van der Waals surface area (Å²) >= 11 is 3.73. The van der Waals surface area contributed by atoms with E-state index in [-0.39, 0.29) is 0 Å². The van der Waals surface area contributed by atoms with Crippen molar-refractivity contribution in [2.45, 2.75) is 0 Å². The molecule has 2 heterocycles. The third-order valence-electron chi connectivity index (χ3n) is 8.45. The molecule has 1 nitrogen and oxygen atoms in total. The molecule has 0 aliphatic heterocycles. The van der Waals surface area contributed by atoms with Crippen molar-refractivity contribution in [1.82, 2.24) is 0 Å². The average Bonchev–Trinajstić information content (AvgIpc) is 3.63. The SMILES string of the molecule is c1ccc2cc(N(c3ccc(-c4ccc5sc6ccccc6c5c4)cc3)c3ccc4c(c3)sc3ccccc34)ccc2c1. The van der Waals surface area contributed by atoms with Crippen molar-refractivity contribution in [3.63, 3.8) is 0 Å². The van der Waals surface area contributed by atoms with E-state index in [9.17, 15) is 0 Å². The summed E-state index contributed by atoms with van der Waals surface area (Å²) in [5.41, 5.74) is 5.92.